The molecular formula is C38H44N2O6. The molecule has 1 heterocycles. The van der Waals surface area contributed by atoms with Crippen molar-refractivity contribution in [2.45, 2.75) is 57.8 Å². The van der Waals surface area contributed by atoms with E-state index < -0.39 is 11.8 Å². The smallest absolute Gasteiger partial charge is 0.494 e. The van der Waals surface area contributed by atoms with Gasteiger partial charge in [0.25, 0.3) is 0 Å². The quantitative estimate of drug-likeness (QED) is 0.0941. The number of hydroxylamine groups is 2. The van der Waals surface area contributed by atoms with Crippen LogP contribution in [0, 0.1) is 0 Å². The summed E-state index contributed by atoms with van der Waals surface area (Å²) >= 11 is 0. The number of ether oxygens (including phenoxy) is 3. The summed E-state index contributed by atoms with van der Waals surface area (Å²) in [5, 5.41) is 7.21. The zero-order valence-electron chi connectivity index (χ0n) is 26.9. The zero-order chi connectivity index (χ0) is 32.4. The number of Topliss-reactive ketones (excluding diaryl/α,β-unsaturated/α-hetero) is 1. The lowest BCUT2D eigenvalue weighted by Crippen LogP contribution is -2.45. The Morgan fingerprint density at radius 2 is 1.63 bits per heavy atom. The van der Waals surface area contributed by atoms with Crippen molar-refractivity contribution in [2.75, 3.05) is 32.8 Å². The average molecular weight is 625 g/mol. The predicted octanol–water partition coefficient (Wildman–Crippen LogP) is 7.32. The molecule has 0 bridgehead atoms. The van der Waals surface area contributed by atoms with Crippen LogP contribution in [-0.2, 0) is 20.9 Å². The Bertz CT molecular complexity index is 1570. The summed E-state index contributed by atoms with van der Waals surface area (Å²) in [5.74, 6) is 0.988. The van der Waals surface area contributed by atoms with Gasteiger partial charge in [-0.3, -0.25) is 4.79 Å². The Morgan fingerprint density at radius 3 is 2.39 bits per heavy atom. The van der Waals surface area contributed by atoms with E-state index in [2.05, 4.69) is 47.8 Å². The number of carbonyl (C=O) groups excluding carboxylic acids is 2. The molecule has 4 aromatic rings. The van der Waals surface area contributed by atoms with Gasteiger partial charge in [0, 0.05) is 18.0 Å². The molecule has 5 rings (SSSR count). The highest BCUT2D eigenvalue weighted by Gasteiger charge is 2.34. The first-order chi connectivity index (χ1) is 22.2. The fraction of sp³-hybridized carbons (Fsp3) is 0.368. The van der Waals surface area contributed by atoms with Crippen molar-refractivity contribution in [2.24, 2.45) is 0 Å². The van der Waals surface area contributed by atoms with Gasteiger partial charge in [0.05, 0.1) is 32.4 Å². The van der Waals surface area contributed by atoms with Crippen LogP contribution in [0.25, 0.3) is 10.8 Å². The summed E-state index contributed by atoms with van der Waals surface area (Å²) in [6.45, 7) is 8.43. The highest BCUT2D eigenvalue weighted by Crippen LogP contribution is 2.33. The van der Waals surface area contributed by atoms with Gasteiger partial charge in [-0.05, 0) is 80.3 Å². The first-order valence-electron chi connectivity index (χ1n) is 16.0. The third-order valence-corrected chi connectivity index (χ3v) is 7.85. The second kappa shape index (κ2) is 15.9. The van der Waals surface area contributed by atoms with Crippen molar-refractivity contribution in [1.82, 2.24) is 10.4 Å². The third-order valence-electron chi connectivity index (χ3n) is 7.85. The molecule has 2 atom stereocenters. The monoisotopic (exact) mass is 624 g/mol. The van der Waals surface area contributed by atoms with Crippen molar-refractivity contribution < 1.29 is 28.6 Å². The first kappa shape index (κ1) is 33.1. The van der Waals surface area contributed by atoms with E-state index in [-0.39, 0.29) is 17.8 Å². The molecule has 1 fully saturated rings. The Kier molecular flexibility index (Phi) is 11.4. The normalized spacial score (nSPS) is 17.0. The first-order valence-corrected chi connectivity index (χ1v) is 16.0. The number of hydrogen-bond donors (Lipinski definition) is 1. The number of piperidine rings is 1. The summed E-state index contributed by atoms with van der Waals surface area (Å²) < 4.78 is 17.9. The third kappa shape index (κ3) is 9.88. The van der Waals surface area contributed by atoms with Gasteiger partial charge >= 0.3 is 6.16 Å². The molecule has 1 saturated heterocycles. The van der Waals surface area contributed by atoms with Gasteiger partial charge in [-0.25, -0.2) is 4.79 Å². The van der Waals surface area contributed by atoms with E-state index in [4.69, 9.17) is 19.0 Å². The number of carbonyl (C=O) groups is 2. The number of hydrogen-bond acceptors (Lipinski definition) is 8. The highest BCUT2D eigenvalue weighted by atomic mass is 16.8. The molecule has 0 saturated carbocycles. The van der Waals surface area contributed by atoms with Crippen LogP contribution in [0.4, 0.5) is 4.79 Å². The topological polar surface area (TPSA) is 86.3 Å². The molecule has 1 aliphatic heterocycles. The van der Waals surface area contributed by atoms with E-state index in [9.17, 15) is 9.59 Å². The number of nitrogens with zero attached hydrogens (tertiary/aromatic N) is 1. The minimum absolute atomic E-state index is 0.0823. The lowest BCUT2D eigenvalue weighted by Gasteiger charge is -2.37. The van der Waals surface area contributed by atoms with E-state index in [0.717, 1.165) is 29.7 Å². The SMILES string of the molecule is CC(C)(C)OC(=O)ON1CCC(c2ccc(OCCCNCC(=O)c3ccccc3)cc2)C(OCc2ccc3ccccc3c2)C1. The Labute approximate surface area is 271 Å². The fourth-order valence-electron chi connectivity index (χ4n) is 5.55. The summed E-state index contributed by atoms with van der Waals surface area (Å²) in [5.41, 5.74) is 2.32. The van der Waals surface area contributed by atoms with Crippen LogP contribution < -0.4 is 10.1 Å². The van der Waals surface area contributed by atoms with Crippen molar-refractivity contribution in [3.8, 4) is 5.75 Å². The molecule has 1 N–H and O–H groups in total. The lowest BCUT2D eigenvalue weighted by molar-refractivity contribution is -0.179. The number of fused-ring (bicyclic) bond motifs is 1. The summed E-state index contributed by atoms with van der Waals surface area (Å²) in [4.78, 5) is 30.2. The average Bonchev–Trinajstić information content (AvgIpc) is 3.05. The minimum atomic E-state index is -0.710. The highest BCUT2D eigenvalue weighted by molar-refractivity contribution is 5.97. The molecule has 0 amide bonds. The van der Waals surface area contributed by atoms with Crippen molar-refractivity contribution in [1.29, 1.82) is 0 Å². The lowest BCUT2D eigenvalue weighted by atomic mass is 9.87. The molecular weight excluding hydrogens is 580 g/mol. The summed E-state index contributed by atoms with van der Waals surface area (Å²) in [7, 11) is 0. The minimum Gasteiger partial charge on any atom is -0.494 e. The van der Waals surface area contributed by atoms with Crippen molar-refractivity contribution in [3.63, 3.8) is 0 Å². The summed E-state index contributed by atoms with van der Waals surface area (Å²) in [6.07, 6.45) is 0.612. The van der Waals surface area contributed by atoms with E-state index in [0.29, 0.717) is 45.0 Å². The van der Waals surface area contributed by atoms with E-state index in [1.807, 2.05) is 75.4 Å². The number of nitrogens with one attached hydrogen (secondary N) is 1. The van der Waals surface area contributed by atoms with Crippen LogP contribution in [0.2, 0.25) is 0 Å². The van der Waals surface area contributed by atoms with Crippen LogP contribution in [0.15, 0.2) is 97.1 Å². The molecule has 0 aromatic heterocycles. The molecule has 4 aromatic carbocycles. The molecule has 46 heavy (non-hydrogen) atoms. The van der Waals surface area contributed by atoms with Gasteiger partial charge in [-0.15, -0.1) is 5.06 Å². The van der Waals surface area contributed by atoms with Crippen molar-refractivity contribution >= 4 is 22.7 Å². The number of benzene rings is 4. The number of ketones is 1. The van der Waals surface area contributed by atoms with Crippen LogP contribution in [0.5, 0.6) is 5.75 Å². The van der Waals surface area contributed by atoms with Crippen LogP contribution in [0.3, 0.4) is 0 Å². The Balaban J connectivity index is 1.15. The zero-order valence-corrected chi connectivity index (χ0v) is 26.9. The second-order valence-electron chi connectivity index (χ2n) is 12.6. The molecule has 8 nitrogen and oxygen atoms in total. The van der Waals surface area contributed by atoms with E-state index >= 15 is 0 Å². The van der Waals surface area contributed by atoms with Gasteiger partial charge in [-0.2, -0.15) is 0 Å². The van der Waals surface area contributed by atoms with Gasteiger partial charge in [0.1, 0.15) is 11.4 Å². The van der Waals surface area contributed by atoms with Gasteiger partial charge < -0.3 is 24.4 Å². The van der Waals surface area contributed by atoms with Crippen LogP contribution in [0.1, 0.15) is 61.0 Å². The number of rotatable bonds is 13. The molecule has 8 heteroatoms. The second-order valence-corrected chi connectivity index (χ2v) is 12.6. The molecule has 2 unspecified atom stereocenters. The predicted molar refractivity (Wildman–Crippen MR) is 179 cm³/mol. The standard InChI is InChI=1S/C38H44N2O6/c1-38(2,3)45-37(42)46-40-22-20-34(36(26-40)44-27-28-14-15-29-10-7-8-13-32(29)24-28)30-16-18-33(19-17-30)43-23-9-21-39-25-35(41)31-11-5-4-6-12-31/h4-8,10-19,24,34,36,39H,9,20-23,25-27H2,1-3H3. The molecule has 0 aliphatic carbocycles. The summed E-state index contributed by atoms with van der Waals surface area (Å²) in [6, 6.07) is 32.1. The Hall–Kier alpha value is -4.24. The Morgan fingerprint density at radius 1 is 0.891 bits per heavy atom. The maximum absolute atomic E-state index is 12.4. The van der Waals surface area contributed by atoms with Crippen LogP contribution >= 0.6 is 0 Å². The fourth-order valence-corrected chi connectivity index (χ4v) is 5.55. The van der Waals surface area contributed by atoms with Crippen molar-refractivity contribution in [3.05, 3.63) is 114 Å². The van der Waals surface area contributed by atoms with E-state index in [1.165, 1.54) is 10.8 Å². The maximum Gasteiger partial charge on any atom is 0.528 e. The molecule has 1 aliphatic rings. The molecule has 242 valence electrons. The van der Waals surface area contributed by atoms with Crippen LogP contribution in [-0.4, -0.2) is 61.5 Å². The van der Waals surface area contributed by atoms with Gasteiger partial charge in [0.15, 0.2) is 5.78 Å². The van der Waals surface area contributed by atoms with Gasteiger partial charge in [0.2, 0.25) is 0 Å². The molecule has 0 spiro atoms. The molecule has 0 radical (unpaired) electrons. The largest absolute Gasteiger partial charge is 0.528 e. The maximum atomic E-state index is 12.4. The van der Waals surface area contributed by atoms with Gasteiger partial charge in [-0.1, -0.05) is 78.9 Å². The van der Waals surface area contributed by atoms with E-state index in [1.54, 1.807) is 5.06 Å².